The van der Waals surface area contributed by atoms with Gasteiger partial charge in [-0.3, -0.25) is 0 Å². The van der Waals surface area contributed by atoms with Gasteiger partial charge in [0.2, 0.25) is 0 Å². The second kappa shape index (κ2) is 4.34. The molecule has 0 bridgehead atoms. The smallest absolute Gasteiger partial charge is 0.129 e. The molecule has 3 unspecified atom stereocenters. The van der Waals surface area contributed by atoms with Crippen LogP contribution in [0.4, 0.5) is 4.39 Å². The van der Waals surface area contributed by atoms with Gasteiger partial charge in [-0.05, 0) is 61.1 Å². The van der Waals surface area contributed by atoms with E-state index < -0.39 is 0 Å². The Morgan fingerprint density at radius 3 is 2.11 bits per heavy atom. The van der Waals surface area contributed by atoms with Gasteiger partial charge in [0.25, 0.3) is 0 Å². The van der Waals surface area contributed by atoms with Crippen LogP contribution in [0.3, 0.4) is 0 Å². The Hall–Kier alpha value is -0.890. The molecule has 98 valence electrons. The molecular formula is C16H22FN. The summed E-state index contributed by atoms with van der Waals surface area (Å²) in [6.07, 6.45) is 5.43. The van der Waals surface area contributed by atoms with Crippen molar-refractivity contribution in [1.82, 2.24) is 0 Å². The van der Waals surface area contributed by atoms with Crippen LogP contribution in [0.5, 0.6) is 0 Å². The number of benzene rings is 1. The van der Waals surface area contributed by atoms with Crippen molar-refractivity contribution >= 4 is 0 Å². The summed E-state index contributed by atoms with van der Waals surface area (Å²) in [6.45, 7) is 3.66. The molecule has 2 N–H and O–H groups in total. The zero-order valence-corrected chi connectivity index (χ0v) is 11.2. The Bertz CT molecular complexity index is 433. The number of halogens is 1. The van der Waals surface area contributed by atoms with Crippen molar-refractivity contribution in [3.8, 4) is 0 Å². The van der Waals surface area contributed by atoms with E-state index in [1.807, 2.05) is 26.0 Å². The highest BCUT2D eigenvalue weighted by molar-refractivity contribution is 5.33. The molecular weight excluding hydrogens is 225 g/mol. The number of fused-ring (bicyclic) bond motifs is 1. The molecule has 1 aromatic carbocycles. The van der Waals surface area contributed by atoms with Crippen LogP contribution in [0.15, 0.2) is 12.1 Å². The fourth-order valence-electron chi connectivity index (χ4n) is 3.97. The van der Waals surface area contributed by atoms with Crippen molar-refractivity contribution < 1.29 is 4.39 Å². The van der Waals surface area contributed by atoms with Crippen LogP contribution in [0.25, 0.3) is 0 Å². The van der Waals surface area contributed by atoms with E-state index in [2.05, 4.69) is 0 Å². The van der Waals surface area contributed by atoms with Gasteiger partial charge in [-0.2, -0.15) is 0 Å². The monoisotopic (exact) mass is 247 g/mol. The average molecular weight is 247 g/mol. The lowest BCUT2D eigenvalue weighted by atomic mass is 9.96. The number of nitrogens with two attached hydrogens (primary N) is 1. The Morgan fingerprint density at radius 2 is 1.61 bits per heavy atom. The van der Waals surface area contributed by atoms with E-state index in [0.717, 1.165) is 28.5 Å². The van der Waals surface area contributed by atoms with E-state index in [9.17, 15) is 4.39 Å². The molecule has 2 aliphatic rings. The molecule has 1 nitrogen and oxygen atoms in total. The van der Waals surface area contributed by atoms with Crippen LogP contribution in [-0.4, -0.2) is 0 Å². The summed E-state index contributed by atoms with van der Waals surface area (Å²) < 4.78 is 13.6. The first kappa shape index (κ1) is 12.2. The molecule has 2 saturated carbocycles. The summed E-state index contributed by atoms with van der Waals surface area (Å²) in [5, 5.41) is 0. The summed E-state index contributed by atoms with van der Waals surface area (Å²) in [4.78, 5) is 0. The molecule has 0 spiro atoms. The third kappa shape index (κ3) is 1.87. The highest BCUT2D eigenvalue weighted by Crippen LogP contribution is 2.59. The van der Waals surface area contributed by atoms with Crippen LogP contribution in [0, 0.1) is 37.4 Å². The van der Waals surface area contributed by atoms with Crippen LogP contribution < -0.4 is 5.73 Å². The Kier molecular flexibility index (Phi) is 2.93. The summed E-state index contributed by atoms with van der Waals surface area (Å²) in [6, 6.07) is 3.99. The molecule has 18 heavy (non-hydrogen) atoms. The van der Waals surface area contributed by atoms with Crippen molar-refractivity contribution in [2.45, 2.75) is 45.6 Å². The first-order chi connectivity index (χ1) is 8.59. The second-order valence-electron chi connectivity index (χ2n) is 6.18. The summed E-state index contributed by atoms with van der Waals surface area (Å²) >= 11 is 0. The summed E-state index contributed by atoms with van der Waals surface area (Å²) in [7, 11) is 0. The van der Waals surface area contributed by atoms with E-state index in [1.165, 1.54) is 25.7 Å². The quantitative estimate of drug-likeness (QED) is 0.843. The van der Waals surface area contributed by atoms with Crippen molar-refractivity contribution in [2.75, 3.05) is 0 Å². The standard InChI is InChI=1S/C16H22FN/c1-9-7-11(8-10(2)15(9)17)16(18)14-12-5-3-4-6-13(12)14/h7-8,12-14,16H,3-6,18H2,1-2H3. The molecule has 0 saturated heterocycles. The zero-order chi connectivity index (χ0) is 12.9. The maximum atomic E-state index is 13.6. The number of hydrogen-bond donors (Lipinski definition) is 1. The first-order valence-corrected chi connectivity index (χ1v) is 7.12. The van der Waals surface area contributed by atoms with Gasteiger partial charge in [0, 0.05) is 6.04 Å². The minimum Gasteiger partial charge on any atom is -0.324 e. The predicted molar refractivity (Wildman–Crippen MR) is 71.7 cm³/mol. The van der Waals surface area contributed by atoms with E-state index in [4.69, 9.17) is 5.73 Å². The lowest BCUT2D eigenvalue weighted by Crippen LogP contribution is -2.15. The predicted octanol–water partition coefficient (Wildman–Crippen LogP) is 3.88. The van der Waals surface area contributed by atoms with Crippen molar-refractivity contribution in [2.24, 2.45) is 23.5 Å². The van der Waals surface area contributed by atoms with Crippen molar-refractivity contribution in [1.29, 1.82) is 0 Å². The third-order valence-electron chi connectivity index (χ3n) is 4.98. The van der Waals surface area contributed by atoms with Crippen LogP contribution >= 0.6 is 0 Å². The van der Waals surface area contributed by atoms with E-state index in [0.29, 0.717) is 5.92 Å². The minimum absolute atomic E-state index is 0.0841. The van der Waals surface area contributed by atoms with Gasteiger partial charge in [0.15, 0.2) is 0 Å². The SMILES string of the molecule is Cc1cc(C(N)C2C3CCCCC32)cc(C)c1F. The highest BCUT2D eigenvalue weighted by Gasteiger charge is 2.53. The van der Waals surface area contributed by atoms with Crippen LogP contribution in [-0.2, 0) is 0 Å². The van der Waals surface area contributed by atoms with Gasteiger partial charge in [-0.25, -0.2) is 4.39 Å². The van der Waals surface area contributed by atoms with E-state index in [1.54, 1.807) is 0 Å². The largest absolute Gasteiger partial charge is 0.324 e. The lowest BCUT2D eigenvalue weighted by molar-refractivity contribution is 0.480. The highest BCUT2D eigenvalue weighted by atomic mass is 19.1. The maximum absolute atomic E-state index is 13.6. The molecule has 2 fully saturated rings. The number of rotatable bonds is 2. The molecule has 2 heteroatoms. The number of hydrogen-bond acceptors (Lipinski definition) is 1. The number of aryl methyl sites for hydroxylation is 2. The summed E-state index contributed by atoms with van der Waals surface area (Å²) in [5.41, 5.74) is 9.01. The van der Waals surface area contributed by atoms with E-state index in [-0.39, 0.29) is 11.9 Å². The first-order valence-electron chi connectivity index (χ1n) is 7.12. The topological polar surface area (TPSA) is 26.0 Å². The lowest BCUT2D eigenvalue weighted by Gasteiger charge is -2.14. The van der Waals surface area contributed by atoms with Crippen molar-refractivity contribution in [3.63, 3.8) is 0 Å². The van der Waals surface area contributed by atoms with Gasteiger partial charge in [-0.1, -0.05) is 25.0 Å². The van der Waals surface area contributed by atoms with Gasteiger partial charge in [0.1, 0.15) is 5.82 Å². The van der Waals surface area contributed by atoms with Gasteiger partial charge < -0.3 is 5.73 Å². The fourth-order valence-corrected chi connectivity index (χ4v) is 3.97. The molecule has 0 amide bonds. The molecule has 0 radical (unpaired) electrons. The van der Waals surface area contributed by atoms with Crippen LogP contribution in [0.1, 0.15) is 48.4 Å². The zero-order valence-electron chi connectivity index (χ0n) is 11.2. The van der Waals surface area contributed by atoms with Crippen molar-refractivity contribution in [3.05, 3.63) is 34.6 Å². The third-order valence-corrected chi connectivity index (χ3v) is 4.98. The van der Waals surface area contributed by atoms with Gasteiger partial charge in [0.05, 0.1) is 0 Å². The molecule has 0 aromatic heterocycles. The molecule has 0 aliphatic heterocycles. The molecule has 0 heterocycles. The van der Waals surface area contributed by atoms with Gasteiger partial charge >= 0.3 is 0 Å². The van der Waals surface area contributed by atoms with E-state index >= 15 is 0 Å². The Labute approximate surface area is 109 Å². The van der Waals surface area contributed by atoms with Crippen LogP contribution in [0.2, 0.25) is 0 Å². The minimum atomic E-state index is -0.0841. The second-order valence-corrected chi connectivity index (χ2v) is 6.18. The van der Waals surface area contributed by atoms with Gasteiger partial charge in [-0.15, -0.1) is 0 Å². The fraction of sp³-hybridized carbons (Fsp3) is 0.625. The Morgan fingerprint density at radius 1 is 1.11 bits per heavy atom. The Balaban J connectivity index is 1.83. The molecule has 1 aromatic rings. The molecule has 3 atom stereocenters. The molecule has 3 rings (SSSR count). The normalized spacial score (nSPS) is 31.9. The maximum Gasteiger partial charge on any atom is 0.129 e. The molecule has 2 aliphatic carbocycles. The average Bonchev–Trinajstić information content (AvgIpc) is 3.08. The summed E-state index contributed by atoms with van der Waals surface area (Å²) in [5.74, 6) is 2.26.